The van der Waals surface area contributed by atoms with Crippen LogP contribution in [0.3, 0.4) is 0 Å². The van der Waals surface area contributed by atoms with Gasteiger partial charge in [0.2, 0.25) is 0 Å². The van der Waals surface area contributed by atoms with Crippen molar-refractivity contribution in [3.8, 4) is 0 Å². The van der Waals surface area contributed by atoms with Gasteiger partial charge in [-0.3, -0.25) is 4.18 Å². The topological polar surface area (TPSA) is 63.6 Å². The quantitative estimate of drug-likeness (QED) is 0.335. The number of aliphatic hydroxyl groups excluding tert-OH is 1. The van der Waals surface area contributed by atoms with Crippen LogP contribution < -0.4 is 0 Å². The highest BCUT2D eigenvalue weighted by molar-refractivity contribution is 7.86. The van der Waals surface area contributed by atoms with Gasteiger partial charge in [-0.05, 0) is 12.8 Å². The van der Waals surface area contributed by atoms with Gasteiger partial charge in [0.15, 0.2) is 0 Å². The minimum absolute atomic E-state index is 0.0945. The molecular formula is C17H36O4S. The first-order chi connectivity index (χ1) is 10.5. The lowest BCUT2D eigenvalue weighted by Gasteiger charge is -2.10. The number of aliphatic hydroxyl groups is 1. The Morgan fingerprint density at radius 1 is 0.818 bits per heavy atom. The van der Waals surface area contributed by atoms with Gasteiger partial charge in [0, 0.05) is 0 Å². The molecule has 0 fully saturated rings. The largest absolute Gasteiger partial charge is 0.393 e. The van der Waals surface area contributed by atoms with Crippen molar-refractivity contribution in [1.29, 1.82) is 0 Å². The lowest BCUT2D eigenvalue weighted by molar-refractivity contribution is 0.156. The molecule has 134 valence electrons. The maximum absolute atomic E-state index is 11.1. The van der Waals surface area contributed by atoms with Crippen LogP contribution in [0.5, 0.6) is 0 Å². The summed E-state index contributed by atoms with van der Waals surface area (Å²) < 4.78 is 26.6. The van der Waals surface area contributed by atoms with Crippen molar-refractivity contribution in [2.24, 2.45) is 0 Å². The summed E-state index contributed by atoms with van der Waals surface area (Å²) in [4.78, 5) is 0. The molecule has 0 bridgehead atoms. The molecule has 22 heavy (non-hydrogen) atoms. The second kappa shape index (κ2) is 14.5. The number of hydrogen-bond donors (Lipinski definition) is 1. The van der Waals surface area contributed by atoms with Crippen molar-refractivity contribution in [2.45, 2.75) is 96.5 Å². The molecule has 5 heteroatoms. The van der Waals surface area contributed by atoms with E-state index < -0.39 is 16.2 Å². The van der Waals surface area contributed by atoms with Gasteiger partial charge in [-0.15, -0.1) is 0 Å². The molecule has 0 spiro atoms. The third-order valence-electron chi connectivity index (χ3n) is 4.10. The Hall–Kier alpha value is -0.130. The van der Waals surface area contributed by atoms with Gasteiger partial charge >= 0.3 is 0 Å². The minimum atomic E-state index is -3.43. The average molecular weight is 337 g/mol. The number of unbranched alkanes of at least 4 members (excludes halogenated alkanes) is 10. The van der Waals surface area contributed by atoms with E-state index in [2.05, 4.69) is 11.1 Å². The van der Waals surface area contributed by atoms with Gasteiger partial charge in [-0.1, -0.05) is 77.6 Å². The van der Waals surface area contributed by atoms with E-state index in [4.69, 9.17) is 0 Å². The van der Waals surface area contributed by atoms with Crippen molar-refractivity contribution in [2.75, 3.05) is 12.9 Å². The summed E-state index contributed by atoms with van der Waals surface area (Å²) in [6.45, 7) is 2.24. The molecule has 0 aliphatic rings. The number of hydrogen-bond acceptors (Lipinski definition) is 4. The van der Waals surface area contributed by atoms with Crippen LogP contribution in [0.15, 0.2) is 0 Å². The number of rotatable bonds is 16. The normalized spacial score (nSPS) is 13.4. The molecule has 1 unspecified atom stereocenters. The molecule has 0 saturated carbocycles. The molecule has 0 aromatic rings. The fourth-order valence-corrected chi connectivity index (χ4v) is 3.28. The van der Waals surface area contributed by atoms with Gasteiger partial charge in [0.05, 0.1) is 19.0 Å². The Balaban J connectivity index is 3.28. The van der Waals surface area contributed by atoms with Gasteiger partial charge in [-0.2, -0.15) is 8.42 Å². The van der Waals surface area contributed by atoms with Crippen LogP contribution in [0.1, 0.15) is 90.4 Å². The van der Waals surface area contributed by atoms with Crippen LogP contribution in [-0.4, -0.2) is 32.5 Å². The zero-order chi connectivity index (χ0) is 16.7. The van der Waals surface area contributed by atoms with E-state index in [9.17, 15) is 13.5 Å². The molecule has 1 atom stereocenters. The van der Waals surface area contributed by atoms with Crippen LogP contribution in [0, 0.1) is 0 Å². The van der Waals surface area contributed by atoms with Crippen molar-refractivity contribution in [3.05, 3.63) is 0 Å². The SMILES string of the molecule is CCCCCCCCCCCCCC(O)CCS(=O)(=O)OC. The van der Waals surface area contributed by atoms with Crippen molar-refractivity contribution in [1.82, 2.24) is 0 Å². The second-order valence-corrected chi connectivity index (χ2v) is 8.05. The van der Waals surface area contributed by atoms with Crippen LogP contribution in [0.2, 0.25) is 0 Å². The third kappa shape index (κ3) is 14.8. The average Bonchev–Trinajstić information content (AvgIpc) is 2.50. The Labute approximate surface area is 137 Å². The first-order valence-electron chi connectivity index (χ1n) is 8.98. The standard InChI is InChI=1S/C17H36O4S/c1-3-4-5-6-7-8-9-10-11-12-13-14-17(18)15-16-22(19,20)21-2/h17-18H,3-16H2,1-2H3. The lowest BCUT2D eigenvalue weighted by atomic mass is 10.0. The first kappa shape index (κ1) is 21.9. The highest BCUT2D eigenvalue weighted by Crippen LogP contribution is 2.13. The predicted molar refractivity (Wildman–Crippen MR) is 92.5 cm³/mol. The van der Waals surface area contributed by atoms with Crippen LogP contribution in [0.25, 0.3) is 0 Å². The summed E-state index contributed by atoms with van der Waals surface area (Å²) in [7, 11) is -2.27. The third-order valence-corrected chi connectivity index (χ3v) is 5.34. The van der Waals surface area contributed by atoms with Crippen LogP contribution >= 0.6 is 0 Å². The Bertz CT molecular complexity index is 328. The van der Waals surface area contributed by atoms with E-state index in [1.807, 2.05) is 0 Å². The van der Waals surface area contributed by atoms with E-state index in [1.165, 1.54) is 57.8 Å². The summed E-state index contributed by atoms with van der Waals surface area (Å²) in [6.07, 6.45) is 14.5. The highest BCUT2D eigenvalue weighted by atomic mass is 32.2. The van der Waals surface area contributed by atoms with Crippen molar-refractivity contribution in [3.63, 3.8) is 0 Å². The lowest BCUT2D eigenvalue weighted by Crippen LogP contribution is -2.15. The van der Waals surface area contributed by atoms with Gasteiger partial charge in [0.25, 0.3) is 10.1 Å². The molecule has 0 amide bonds. The molecule has 0 aromatic heterocycles. The molecule has 0 radical (unpaired) electrons. The monoisotopic (exact) mass is 336 g/mol. The van der Waals surface area contributed by atoms with Crippen molar-refractivity contribution >= 4 is 10.1 Å². The first-order valence-corrected chi connectivity index (χ1v) is 10.6. The molecule has 0 rings (SSSR count). The smallest absolute Gasteiger partial charge is 0.267 e. The molecule has 0 aliphatic heterocycles. The molecule has 1 N–H and O–H groups in total. The zero-order valence-electron chi connectivity index (χ0n) is 14.6. The summed E-state index contributed by atoms with van der Waals surface area (Å²) in [6, 6.07) is 0. The van der Waals surface area contributed by atoms with E-state index in [1.54, 1.807) is 0 Å². The fraction of sp³-hybridized carbons (Fsp3) is 1.00. The molecule has 0 aromatic carbocycles. The van der Waals surface area contributed by atoms with E-state index >= 15 is 0 Å². The maximum Gasteiger partial charge on any atom is 0.267 e. The molecule has 4 nitrogen and oxygen atoms in total. The van der Waals surface area contributed by atoms with Crippen molar-refractivity contribution < 1.29 is 17.7 Å². The maximum atomic E-state index is 11.1. The Morgan fingerprint density at radius 2 is 1.27 bits per heavy atom. The summed E-state index contributed by atoms with van der Waals surface area (Å²) in [5.74, 6) is -0.0945. The predicted octanol–water partition coefficient (Wildman–Crippen LogP) is 4.41. The van der Waals surface area contributed by atoms with Crippen LogP contribution in [-0.2, 0) is 14.3 Å². The molecule has 0 saturated heterocycles. The second-order valence-electron chi connectivity index (χ2n) is 6.20. The van der Waals surface area contributed by atoms with Gasteiger partial charge < -0.3 is 5.11 Å². The minimum Gasteiger partial charge on any atom is -0.393 e. The molecule has 0 aliphatic carbocycles. The Kier molecular flexibility index (Phi) is 14.4. The zero-order valence-corrected chi connectivity index (χ0v) is 15.4. The van der Waals surface area contributed by atoms with Crippen LogP contribution in [0.4, 0.5) is 0 Å². The molecule has 0 heterocycles. The fourth-order valence-electron chi connectivity index (χ4n) is 2.55. The summed E-state index contributed by atoms with van der Waals surface area (Å²) >= 11 is 0. The van der Waals surface area contributed by atoms with E-state index in [-0.39, 0.29) is 12.2 Å². The van der Waals surface area contributed by atoms with E-state index in [0.29, 0.717) is 6.42 Å². The summed E-state index contributed by atoms with van der Waals surface area (Å²) in [5.41, 5.74) is 0. The van der Waals surface area contributed by atoms with Gasteiger partial charge in [0.1, 0.15) is 0 Å². The Morgan fingerprint density at radius 3 is 1.73 bits per heavy atom. The van der Waals surface area contributed by atoms with E-state index in [0.717, 1.165) is 20.0 Å². The molecular weight excluding hydrogens is 300 g/mol. The van der Waals surface area contributed by atoms with Gasteiger partial charge in [-0.25, -0.2) is 0 Å². The highest BCUT2D eigenvalue weighted by Gasteiger charge is 2.12. The summed E-state index contributed by atoms with van der Waals surface area (Å²) in [5, 5.41) is 9.73.